The fourth-order valence-electron chi connectivity index (χ4n) is 4.22. The largest absolute Gasteiger partial charge is 0.376 e. The van der Waals surface area contributed by atoms with Crippen LogP contribution in [0.2, 0.25) is 0 Å². The van der Waals surface area contributed by atoms with E-state index in [0.29, 0.717) is 5.92 Å². The van der Waals surface area contributed by atoms with E-state index >= 15 is 0 Å². The number of amides is 1. The van der Waals surface area contributed by atoms with Crippen LogP contribution in [0.4, 0.5) is 0 Å². The number of nitrogens with one attached hydrogen (secondary N) is 1. The second-order valence-electron chi connectivity index (χ2n) is 6.54. The molecule has 0 bridgehead atoms. The van der Waals surface area contributed by atoms with Crippen LogP contribution in [-0.2, 0) is 16.0 Å². The third-order valence-electron chi connectivity index (χ3n) is 5.44. The van der Waals surface area contributed by atoms with Crippen LogP contribution in [0.25, 0.3) is 0 Å². The van der Waals surface area contributed by atoms with Crippen molar-refractivity contribution in [3.63, 3.8) is 0 Å². The highest BCUT2D eigenvalue weighted by molar-refractivity contribution is 5.85. The van der Waals surface area contributed by atoms with Crippen molar-refractivity contribution < 1.29 is 9.53 Å². The second kappa shape index (κ2) is 5.11. The van der Waals surface area contributed by atoms with Gasteiger partial charge in [0.2, 0.25) is 5.91 Å². The van der Waals surface area contributed by atoms with Crippen LogP contribution in [-0.4, -0.2) is 30.7 Å². The highest BCUT2D eigenvalue weighted by atomic mass is 16.5. The summed E-state index contributed by atoms with van der Waals surface area (Å²) >= 11 is 0. The van der Waals surface area contributed by atoms with Crippen LogP contribution in [0.5, 0.6) is 0 Å². The number of benzene rings is 1. The molecule has 1 aliphatic heterocycles. The number of hydrogen-bond acceptors (Lipinski definition) is 3. The molecule has 1 aromatic rings. The molecular weight excluding hydrogens is 264 g/mol. The van der Waals surface area contributed by atoms with E-state index in [1.54, 1.807) is 0 Å². The molecule has 3 N–H and O–H groups in total. The minimum Gasteiger partial charge on any atom is -0.376 e. The van der Waals surface area contributed by atoms with Crippen LogP contribution < -0.4 is 11.1 Å². The summed E-state index contributed by atoms with van der Waals surface area (Å²) < 4.78 is 5.70. The standard InChI is InChI=1S/C17H22N2O2/c18-14-13-8-9-21-16(13)15(14)19-17(20)12-7-3-5-10-4-1-2-6-11(10)12/h1-2,4,6,12-16H,3,5,7-9,18H2,(H,19,20). The van der Waals surface area contributed by atoms with Gasteiger partial charge in [-0.3, -0.25) is 4.79 Å². The molecule has 1 heterocycles. The average Bonchev–Trinajstić information content (AvgIpc) is 2.96. The molecule has 2 fully saturated rings. The van der Waals surface area contributed by atoms with Crippen LogP contribution in [0, 0.1) is 5.92 Å². The number of fused-ring (bicyclic) bond motifs is 2. The molecular formula is C17H22N2O2. The Bertz CT molecular complexity index is 559. The molecule has 21 heavy (non-hydrogen) atoms. The average molecular weight is 286 g/mol. The lowest BCUT2D eigenvalue weighted by Gasteiger charge is -2.46. The highest BCUT2D eigenvalue weighted by Gasteiger charge is 2.53. The van der Waals surface area contributed by atoms with E-state index in [0.717, 1.165) is 32.3 Å². The summed E-state index contributed by atoms with van der Waals surface area (Å²) in [6.07, 6.45) is 4.26. The number of carbonyl (C=O) groups is 1. The normalized spacial score (nSPS) is 37.3. The molecule has 5 atom stereocenters. The third kappa shape index (κ3) is 2.09. The molecule has 4 nitrogen and oxygen atoms in total. The first-order valence-electron chi connectivity index (χ1n) is 8.01. The molecule has 1 amide bonds. The summed E-state index contributed by atoms with van der Waals surface area (Å²) in [5.74, 6) is 0.535. The van der Waals surface area contributed by atoms with Gasteiger partial charge in [-0.15, -0.1) is 0 Å². The Balaban J connectivity index is 1.49. The number of hydrogen-bond donors (Lipinski definition) is 2. The van der Waals surface area contributed by atoms with Gasteiger partial charge in [-0.25, -0.2) is 0 Å². The molecule has 0 spiro atoms. The van der Waals surface area contributed by atoms with Crippen molar-refractivity contribution in [2.45, 2.75) is 49.8 Å². The molecule has 1 saturated carbocycles. The van der Waals surface area contributed by atoms with Crippen molar-refractivity contribution in [2.24, 2.45) is 11.7 Å². The number of carbonyl (C=O) groups excluding carboxylic acids is 1. The zero-order chi connectivity index (χ0) is 14.4. The third-order valence-corrected chi connectivity index (χ3v) is 5.44. The van der Waals surface area contributed by atoms with Gasteiger partial charge in [-0.1, -0.05) is 24.3 Å². The SMILES string of the molecule is NC1C2CCOC2C1NC(=O)C1CCCc2ccccc21. The fourth-order valence-corrected chi connectivity index (χ4v) is 4.22. The van der Waals surface area contributed by atoms with Crippen LogP contribution in [0.3, 0.4) is 0 Å². The van der Waals surface area contributed by atoms with E-state index in [2.05, 4.69) is 23.5 Å². The minimum atomic E-state index is -0.0254. The smallest absolute Gasteiger partial charge is 0.227 e. The predicted molar refractivity (Wildman–Crippen MR) is 79.9 cm³/mol. The van der Waals surface area contributed by atoms with Gasteiger partial charge in [-0.05, 0) is 36.8 Å². The maximum absolute atomic E-state index is 12.7. The monoisotopic (exact) mass is 286 g/mol. The minimum absolute atomic E-state index is 0.000844. The van der Waals surface area contributed by atoms with Gasteiger partial charge in [0.1, 0.15) is 0 Å². The van der Waals surface area contributed by atoms with Gasteiger partial charge < -0.3 is 15.8 Å². The van der Waals surface area contributed by atoms with Crippen molar-refractivity contribution in [3.8, 4) is 0 Å². The Labute approximate surface area is 125 Å². The van der Waals surface area contributed by atoms with E-state index in [1.165, 1.54) is 11.1 Å². The maximum Gasteiger partial charge on any atom is 0.227 e. The van der Waals surface area contributed by atoms with Crippen LogP contribution in [0.1, 0.15) is 36.3 Å². The number of aryl methyl sites for hydroxylation is 1. The summed E-state index contributed by atoms with van der Waals surface area (Å²) in [6.45, 7) is 0.779. The molecule has 1 aromatic carbocycles. The van der Waals surface area contributed by atoms with Gasteiger partial charge in [0.25, 0.3) is 0 Å². The first-order valence-corrected chi connectivity index (χ1v) is 8.01. The van der Waals surface area contributed by atoms with Gasteiger partial charge in [0.15, 0.2) is 0 Å². The van der Waals surface area contributed by atoms with E-state index in [1.807, 2.05) is 6.07 Å². The van der Waals surface area contributed by atoms with Gasteiger partial charge in [-0.2, -0.15) is 0 Å². The summed E-state index contributed by atoms with van der Waals surface area (Å²) in [4.78, 5) is 12.7. The van der Waals surface area contributed by atoms with Crippen molar-refractivity contribution >= 4 is 5.91 Å². The molecule has 5 unspecified atom stereocenters. The van der Waals surface area contributed by atoms with Gasteiger partial charge >= 0.3 is 0 Å². The molecule has 0 radical (unpaired) electrons. The zero-order valence-electron chi connectivity index (χ0n) is 12.1. The van der Waals surface area contributed by atoms with Crippen molar-refractivity contribution in [3.05, 3.63) is 35.4 Å². The van der Waals surface area contributed by atoms with Crippen LogP contribution >= 0.6 is 0 Å². The molecule has 3 aliphatic rings. The van der Waals surface area contributed by atoms with Crippen molar-refractivity contribution in [1.29, 1.82) is 0 Å². The predicted octanol–water partition coefficient (Wildman–Crippen LogP) is 1.34. The van der Waals surface area contributed by atoms with Crippen molar-refractivity contribution in [2.75, 3.05) is 6.61 Å². The molecule has 0 aromatic heterocycles. The Hall–Kier alpha value is -1.39. The quantitative estimate of drug-likeness (QED) is 0.862. The Morgan fingerprint density at radius 1 is 1.29 bits per heavy atom. The summed E-state index contributed by atoms with van der Waals surface area (Å²) in [5, 5.41) is 3.16. The van der Waals surface area contributed by atoms with E-state index in [9.17, 15) is 4.79 Å². The first kappa shape index (κ1) is 13.3. The molecule has 1 saturated heterocycles. The number of ether oxygens (including phenoxy) is 1. The Morgan fingerprint density at radius 2 is 2.14 bits per heavy atom. The summed E-state index contributed by atoms with van der Waals surface area (Å²) in [5.41, 5.74) is 8.69. The zero-order valence-corrected chi connectivity index (χ0v) is 12.1. The first-order chi connectivity index (χ1) is 10.3. The molecule has 2 aliphatic carbocycles. The highest BCUT2D eigenvalue weighted by Crippen LogP contribution is 2.39. The molecule has 4 rings (SSSR count). The Morgan fingerprint density at radius 3 is 3.05 bits per heavy atom. The lowest BCUT2D eigenvalue weighted by molar-refractivity contribution is -0.127. The fraction of sp³-hybridized carbons (Fsp3) is 0.588. The second-order valence-corrected chi connectivity index (χ2v) is 6.54. The lowest BCUT2D eigenvalue weighted by atomic mass is 9.71. The number of nitrogens with two attached hydrogens (primary N) is 1. The van der Waals surface area contributed by atoms with Gasteiger partial charge in [0, 0.05) is 18.6 Å². The van der Waals surface area contributed by atoms with E-state index in [4.69, 9.17) is 10.5 Å². The Kier molecular flexibility index (Phi) is 3.23. The van der Waals surface area contributed by atoms with E-state index in [-0.39, 0.29) is 30.0 Å². The molecule has 112 valence electrons. The molecule has 4 heteroatoms. The van der Waals surface area contributed by atoms with Crippen molar-refractivity contribution in [1.82, 2.24) is 5.32 Å². The lowest BCUT2D eigenvalue weighted by Crippen LogP contribution is -2.69. The topological polar surface area (TPSA) is 64.3 Å². The summed E-state index contributed by atoms with van der Waals surface area (Å²) in [6, 6.07) is 8.36. The summed E-state index contributed by atoms with van der Waals surface area (Å²) in [7, 11) is 0. The van der Waals surface area contributed by atoms with E-state index < -0.39 is 0 Å². The van der Waals surface area contributed by atoms with Crippen LogP contribution in [0.15, 0.2) is 24.3 Å². The van der Waals surface area contributed by atoms with Gasteiger partial charge in [0.05, 0.1) is 18.1 Å². The maximum atomic E-state index is 12.7. The number of rotatable bonds is 2.